The van der Waals surface area contributed by atoms with Crippen molar-refractivity contribution in [2.24, 2.45) is 4.99 Å². The SMILES string of the molecule is C[C@H](O)[C@H]1O[C@@H]2SC(N(C)C(=O)O)=N[C@@H]2[C@H](F)[C@@H]1OCc1ccccc1. The van der Waals surface area contributed by atoms with Crippen LogP contribution in [-0.2, 0) is 16.1 Å². The number of alkyl halides is 1. The number of amides is 1. The molecule has 1 amide bonds. The Labute approximate surface area is 154 Å². The largest absolute Gasteiger partial charge is 0.465 e. The summed E-state index contributed by atoms with van der Waals surface area (Å²) in [7, 11) is 1.34. The van der Waals surface area contributed by atoms with Gasteiger partial charge in [0.05, 0.1) is 12.7 Å². The number of nitrogens with zero attached hydrogens (tertiary/aromatic N) is 2. The number of ether oxygens (including phenoxy) is 2. The maximum absolute atomic E-state index is 15.2. The lowest BCUT2D eigenvalue weighted by molar-refractivity contribution is -0.188. The van der Waals surface area contributed by atoms with Gasteiger partial charge in [-0.3, -0.25) is 9.89 Å². The molecule has 1 aromatic carbocycles. The van der Waals surface area contributed by atoms with Crippen LogP contribution >= 0.6 is 11.8 Å². The van der Waals surface area contributed by atoms with Crippen molar-refractivity contribution < 1.29 is 28.9 Å². The van der Waals surface area contributed by atoms with Crippen LogP contribution in [0.25, 0.3) is 0 Å². The first kappa shape index (κ1) is 19.1. The van der Waals surface area contributed by atoms with Gasteiger partial charge in [0.15, 0.2) is 11.3 Å². The smallest absolute Gasteiger partial charge is 0.413 e. The van der Waals surface area contributed by atoms with Crippen LogP contribution in [0.4, 0.5) is 9.18 Å². The lowest BCUT2D eigenvalue weighted by Gasteiger charge is -2.40. The molecule has 3 rings (SSSR count). The summed E-state index contributed by atoms with van der Waals surface area (Å²) < 4.78 is 26.7. The van der Waals surface area contributed by atoms with Gasteiger partial charge in [0.1, 0.15) is 23.7 Å². The Kier molecular flexibility index (Phi) is 5.81. The van der Waals surface area contributed by atoms with Gasteiger partial charge < -0.3 is 19.7 Å². The Morgan fingerprint density at radius 1 is 1.46 bits per heavy atom. The highest BCUT2D eigenvalue weighted by Gasteiger charge is 2.52. The van der Waals surface area contributed by atoms with Crippen LogP contribution in [0.2, 0.25) is 0 Å². The number of halogens is 1. The molecular formula is C17H21FN2O5S. The van der Waals surface area contributed by atoms with Crippen molar-refractivity contribution in [1.29, 1.82) is 0 Å². The number of thioether (sulfide) groups is 1. The molecule has 0 aliphatic carbocycles. The summed E-state index contributed by atoms with van der Waals surface area (Å²) in [4.78, 5) is 16.2. The Hall–Kier alpha value is -1.68. The number of carbonyl (C=O) groups is 1. The molecule has 0 saturated carbocycles. The van der Waals surface area contributed by atoms with E-state index in [-0.39, 0.29) is 11.8 Å². The number of amidine groups is 1. The number of benzene rings is 1. The van der Waals surface area contributed by atoms with E-state index in [2.05, 4.69) is 4.99 Å². The molecular weight excluding hydrogens is 363 g/mol. The predicted molar refractivity (Wildman–Crippen MR) is 94.9 cm³/mol. The molecule has 0 spiro atoms. The van der Waals surface area contributed by atoms with Crippen LogP contribution < -0.4 is 0 Å². The average Bonchev–Trinajstić information content (AvgIpc) is 3.05. The van der Waals surface area contributed by atoms with Gasteiger partial charge in [-0.15, -0.1) is 0 Å². The van der Waals surface area contributed by atoms with Crippen molar-refractivity contribution in [3.63, 3.8) is 0 Å². The zero-order valence-corrected chi connectivity index (χ0v) is 15.2. The van der Waals surface area contributed by atoms with E-state index in [1.165, 1.54) is 14.0 Å². The van der Waals surface area contributed by atoms with Crippen LogP contribution in [0.15, 0.2) is 35.3 Å². The molecule has 9 heteroatoms. The van der Waals surface area contributed by atoms with E-state index in [0.29, 0.717) is 0 Å². The second-order valence-corrected chi connectivity index (χ2v) is 7.34. The van der Waals surface area contributed by atoms with Gasteiger partial charge in [-0.25, -0.2) is 9.18 Å². The fraction of sp³-hybridized carbons (Fsp3) is 0.529. The highest BCUT2D eigenvalue weighted by molar-refractivity contribution is 8.14. The van der Waals surface area contributed by atoms with Crippen molar-refractivity contribution in [2.45, 2.75) is 49.5 Å². The monoisotopic (exact) mass is 384 g/mol. The summed E-state index contributed by atoms with van der Waals surface area (Å²) in [6, 6.07) is 8.43. The number of fused-ring (bicyclic) bond motifs is 1. The molecule has 0 bridgehead atoms. The van der Waals surface area contributed by atoms with Crippen molar-refractivity contribution >= 4 is 23.0 Å². The zero-order chi connectivity index (χ0) is 18.8. The third kappa shape index (κ3) is 3.85. The molecule has 1 saturated heterocycles. The molecule has 0 aromatic heterocycles. The quantitative estimate of drug-likeness (QED) is 0.826. The van der Waals surface area contributed by atoms with Gasteiger partial charge in [0.25, 0.3) is 0 Å². The zero-order valence-electron chi connectivity index (χ0n) is 14.4. The second kappa shape index (κ2) is 7.91. The number of aliphatic imine (C=N–C) groups is 1. The highest BCUT2D eigenvalue weighted by Crippen LogP contribution is 2.40. The molecule has 0 unspecified atom stereocenters. The van der Waals surface area contributed by atoms with Crippen LogP contribution in [0.3, 0.4) is 0 Å². The van der Waals surface area contributed by atoms with E-state index < -0.39 is 42.1 Å². The molecule has 2 N–H and O–H groups in total. The van der Waals surface area contributed by atoms with Gasteiger partial charge in [-0.05, 0) is 12.5 Å². The van der Waals surface area contributed by atoms with E-state index in [4.69, 9.17) is 14.6 Å². The Balaban J connectivity index is 1.76. The van der Waals surface area contributed by atoms with E-state index >= 15 is 4.39 Å². The number of aliphatic hydroxyl groups excluding tert-OH is 1. The van der Waals surface area contributed by atoms with Crippen LogP contribution in [0.5, 0.6) is 0 Å². The van der Waals surface area contributed by atoms with E-state index in [9.17, 15) is 9.90 Å². The number of hydrogen-bond donors (Lipinski definition) is 2. The Morgan fingerprint density at radius 3 is 2.77 bits per heavy atom. The van der Waals surface area contributed by atoms with Gasteiger partial charge in [0.2, 0.25) is 0 Å². The highest BCUT2D eigenvalue weighted by atomic mass is 32.2. The summed E-state index contributed by atoms with van der Waals surface area (Å²) in [5.41, 5.74) is 0.180. The number of carboxylic acid groups (broad SMARTS) is 1. The van der Waals surface area contributed by atoms with Crippen molar-refractivity contribution in [3.05, 3.63) is 35.9 Å². The first-order valence-corrected chi connectivity index (χ1v) is 9.10. The van der Waals surface area contributed by atoms with Crippen LogP contribution in [-0.4, -0.2) is 69.4 Å². The summed E-state index contributed by atoms with van der Waals surface area (Å²) in [6.45, 7) is 1.69. The molecule has 1 aromatic rings. The first-order chi connectivity index (χ1) is 12.4. The van der Waals surface area contributed by atoms with Gasteiger partial charge in [-0.1, -0.05) is 42.1 Å². The minimum atomic E-state index is -1.52. The number of aliphatic hydroxyl groups is 1. The molecule has 2 aliphatic rings. The molecule has 2 aliphatic heterocycles. The molecule has 1 fully saturated rings. The summed E-state index contributed by atoms with van der Waals surface area (Å²) in [5, 5.41) is 19.3. The number of hydrogen-bond acceptors (Lipinski definition) is 6. The lowest BCUT2D eigenvalue weighted by Crippen LogP contribution is -2.57. The normalized spacial score (nSPS) is 31.8. The van der Waals surface area contributed by atoms with Gasteiger partial charge in [0, 0.05) is 7.05 Å². The maximum atomic E-state index is 15.2. The molecule has 26 heavy (non-hydrogen) atoms. The second-order valence-electron chi connectivity index (χ2n) is 6.28. The van der Waals surface area contributed by atoms with E-state index in [0.717, 1.165) is 22.2 Å². The molecule has 2 heterocycles. The molecule has 0 radical (unpaired) electrons. The first-order valence-electron chi connectivity index (χ1n) is 8.22. The van der Waals surface area contributed by atoms with Crippen LogP contribution in [0.1, 0.15) is 12.5 Å². The summed E-state index contributed by atoms with van der Waals surface area (Å²) in [6.07, 6.45) is -5.53. The standard InChI is InChI=1S/C17H21FN2O5S/c1-9(21)13-14(24-8-10-6-4-3-5-7-10)11(18)12-15(25-13)26-16(19-12)20(2)17(22)23/h3-7,9,11-15,21H,8H2,1-2H3,(H,22,23)/t9-,11-,12+,13+,14-,15+/m0/s1. The molecule has 7 nitrogen and oxygen atoms in total. The van der Waals surface area contributed by atoms with E-state index in [1.54, 1.807) is 0 Å². The maximum Gasteiger partial charge on any atom is 0.413 e. The van der Waals surface area contributed by atoms with Crippen molar-refractivity contribution in [3.8, 4) is 0 Å². The van der Waals surface area contributed by atoms with Gasteiger partial charge >= 0.3 is 6.09 Å². The van der Waals surface area contributed by atoms with Crippen molar-refractivity contribution in [1.82, 2.24) is 4.90 Å². The predicted octanol–water partition coefficient (Wildman–Crippen LogP) is 2.10. The topological polar surface area (TPSA) is 91.6 Å². The molecule has 142 valence electrons. The van der Waals surface area contributed by atoms with Crippen molar-refractivity contribution in [2.75, 3.05) is 7.05 Å². The lowest BCUT2D eigenvalue weighted by atomic mass is 9.96. The van der Waals surface area contributed by atoms with E-state index in [1.807, 2.05) is 30.3 Å². The Bertz CT molecular complexity index is 674. The fourth-order valence-corrected chi connectivity index (χ4v) is 4.08. The van der Waals surface area contributed by atoms with Crippen LogP contribution in [0, 0.1) is 0 Å². The Morgan fingerprint density at radius 2 is 2.15 bits per heavy atom. The minimum Gasteiger partial charge on any atom is -0.465 e. The third-order valence-electron chi connectivity index (χ3n) is 4.35. The van der Waals surface area contributed by atoms with Gasteiger partial charge in [-0.2, -0.15) is 0 Å². The summed E-state index contributed by atoms with van der Waals surface area (Å²) in [5.74, 6) is 0. The average molecular weight is 384 g/mol. The third-order valence-corrected chi connectivity index (χ3v) is 5.56. The fourth-order valence-electron chi connectivity index (χ4n) is 2.92. The summed E-state index contributed by atoms with van der Waals surface area (Å²) >= 11 is 1.04. The number of rotatable bonds is 4. The minimum absolute atomic E-state index is 0.170. The molecule has 6 atom stereocenters.